The Morgan fingerprint density at radius 3 is 1.96 bits per heavy atom. The van der Waals surface area contributed by atoms with Crippen LogP contribution in [0.1, 0.15) is 64.9 Å². The number of rotatable bonds is 3. The number of hydrogen-bond acceptors (Lipinski definition) is 4. The molecule has 0 aliphatic carbocycles. The van der Waals surface area contributed by atoms with E-state index in [2.05, 4.69) is 56.9 Å². The lowest BCUT2D eigenvalue weighted by atomic mass is 9.77. The lowest BCUT2D eigenvalue weighted by Gasteiger charge is -2.39. The van der Waals surface area contributed by atoms with Crippen LogP contribution >= 0.6 is 0 Å². The highest BCUT2D eigenvalue weighted by Gasteiger charge is 2.51. The summed E-state index contributed by atoms with van der Waals surface area (Å²) in [7, 11) is -0.264. The second kappa shape index (κ2) is 7.51. The molecule has 0 spiro atoms. The standard InChI is InChI=1S/C22H34BNO3/c1-21(2)22(3,4)27-23(26-21)19-7-5-17(6-8-19)18-9-13-24(14-10-18)20-11-15-25-16-12-20/h5-8,18,20H,9-16H2,1-4H3. The zero-order chi connectivity index (χ0) is 19.1. The first-order chi connectivity index (χ1) is 12.9. The van der Waals surface area contributed by atoms with Crippen LogP contribution in [0.3, 0.4) is 0 Å². The van der Waals surface area contributed by atoms with Crippen molar-refractivity contribution in [3.05, 3.63) is 29.8 Å². The first-order valence-electron chi connectivity index (χ1n) is 10.6. The fourth-order valence-electron chi connectivity index (χ4n) is 4.55. The smallest absolute Gasteiger partial charge is 0.399 e. The average Bonchev–Trinajstić information content (AvgIpc) is 2.90. The minimum Gasteiger partial charge on any atom is -0.399 e. The molecule has 0 radical (unpaired) electrons. The number of piperidine rings is 1. The van der Waals surface area contributed by atoms with Crippen LogP contribution in [0.5, 0.6) is 0 Å². The zero-order valence-corrected chi connectivity index (χ0v) is 17.4. The van der Waals surface area contributed by atoms with Crippen molar-refractivity contribution >= 4 is 12.6 Å². The minimum atomic E-state index is -0.284. The molecule has 0 saturated carbocycles. The van der Waals surface area contributed by atoms with Crippen LogP contribution in [0.2, 0.25) is 0 Å². The maximum absolute atomic E-state index is 6.18. The number of likely N-dealkylation sites (tertiary alicyclic amines) is 1. The van der Waals surface area contributed by atoms with Crippen LogP contribution in [-0.2, 0) is 14.0 Å². The van der Waals surface area contributed by atoms with E-state index in [-0.39, 0.29) is 18.3 Å². The van der Waals surface area contributed by atoms with Gasteiger partial charge in [0.15, 0.2) is 0 Å². The van der Waals surface area contributed by atoms with E-state index < -0.39 is 0 Å². The molecule has 3 fully saturated rings. The summed E-state index contributed by atoms with van der Waals surface area (Å²) in [4.78, 5) is 2.69. The third-order valence-corrected chi connectivity index (χ3v) is 7.17. The average molecular weight is 371 g/mol. The van der Waals surface area contributed by atoms with E-state index in [0.717, 1.165) is 24.7 Å². The molecule has 4 nitrogen and oxygen atoms in total. The zero-order valence-electron chi connectivity index (χ0n) is 17.4. The van der Waals surface area contributed by atoms with E-state index in [9.17, 15) is 0 Å². The van der Waals surface area contributed by atoms with Gasteiger partial charge in [0, 0.05) is 19.3 Å². The largest absolute Gasteiger partial charge is 0.494 e. The highest BCUT2D eigenvalue weighted by atomic mass is 16.7. The number of ether oxygens (including phenoxy) is 1. The third kappa shape index (κ3) is 3.98. The van der Waals surface area contributed by atoms with Gasteiger partial charge in [0.2, 0.25) is 0 Å². The normalized spacial score (nSPS) is 27.2. The summed E-state index contributed by atoms with van der Waals surface area (Å²) in [6, 6.07) is 9.71. The highest BCUT2D eigenvalue weighted by Crippen LogP contribution is 2.36. The van der Waals surface area contributed by atoms with Gasteiger partial charge in [-0.3, -0.25) is 0 Å². The van der Waals surface area contributed by atoms with Crippen LogP contribution in [0.15, 0.2) is 24.3 Å². The van der Waals surface area contributed by atoms with Crippen LogP contribution < -0.4 is 5.46 Å². The summed E-state index contributed by atoms with van der Waals surface area (Å²) in [6.07, 6.45) is 4.92. The molecular weight excluding hydrogens is 337 g/mol. The lowest BCUT2D eigenvalue weighted by Crippen LogP contribution is -2.43. The van der Waals surface area contributed by atoms with Gasteiger partial charge in [-0.05, 0) is 83.4 Å². The summed E-state index contributed by atoms with van der Waals surface area (Å²) in [5.74, 6) is 0.674. The second-order valence-corrected chi connectivity index (χ2v) is 9.41. The van der Waals surface area contributed by atoms with Gasteiger partial charge in [-0.15, -0.1) is 0 Å². The molecule has 1 aromatic rings. The van der Waals surface area contributed by atoms with Gasteiger partial charge in [0.05, 0.1) is 11.2 Å². The van der Waals surface area contributed by atoms with Crippen molar-refractivity contribution in [1.82, 2.24) is 4.90 Å². The minimum absolute atomic E-state index is 0.264. The molecule has 3 heterocycles. The van der Waals surface area contributed by atoms with Crippen molar-refractivity contribution in [3.8, 4) is 0 Å². The molecule has 0 N–H and O–H groups in total. The molecule has 27 heavy (non-hydrogen) atoms. The maximum Gasteiger partial charge on any atom is 0.494 e. The predicted octanol–water partition coefficient (Wildman–Crippen LogP) is 3.34. The molecule has 0 aromatic heterocycles. The monoisotopic (exact) mass is 371 g/mol. The molecule has 0 bridgehead atoms. The molecule has 148 valence electrons. The van der Waals surface area contributed by atoms with Crippen LogP contribution in [0, 0.1) is 0 Å². The van der Waals surface area contributed by atoms with E-state index >= 15 is 0 Å². The van der Waals surface area contributed by atoms with Gasteiger partial charge in [0.1, 0.15) is 0 Å². The van der Waals surface area contributed by atoms with Crippen molar-refractivity contribution in [2.45, 2.75) is 76.5 Å². The van der Waals surface area contributed by atoms with E-state index in [4.69, 9.17) is 14.0 Å². The predicted molar refractivity (Wildman–Crippen MR) is 110 cm³/mol. The Hall–Kier alpha value is -0.875. The Morgan fingerprint density at radius 2 is 1.41 bits per heavy atom. The molecular formula is C22H34BNO3. The Balaban J connectivity index is 1.35. The summed E-state index contributed by atoms with van der Waals surface area (Å²) >= 11 is 0. The number of benzene rings is 1. The molecule has 3 saturated heterocycles. The van der Waals surface area contributed by atoms with Crippen molar-refractivity contribution in [2.75, 3.05) is 26.3 Å². The molecule has 5 heteroatoms. The topological polar surface area (TPSA) is 30.9 Å². The van der Waals surface area contributed by atoms with Crippen molar-refractivity contribution in [2.24, 2.45) is 0 Å². The maximum atomic E-state index is 6.18. The van der Waals surface area contributed by atoms with Crippen molar-refractivity contribution in [1.29, 1.82) is 0 Å². The van der Waals surface area contributed by atoms with E-state index in [1.807, 2.05) is 0 Å². The highest BCUT2D eigenvalue weighted by molar-refractivity contribution is 6.62. The SMILES string of the molecule is CC1(C)OB(c2ccc(C3CCN(C4CCOCC4)CC3)cc2)OC1(C)C. The number of hydrogen-bond donors (Lipinski definition) is 0. The van der Waals surface area contributed by atoms with Crippen molar-refractivity contribution < 1.29 is 14.0 Å². The van der Waals surface area contributed by atoms with E-state index in [0.29, 0.717) is 5.92 Å². The summed E-state index contributed by atoms with van der Waals surface area (Å²) in [5, 5.41) is 0. The Morgan fingerprint density at radius 1 is 0.852 bits per heavy atom. The molecule has 3 aliphatic heterocycles. The van der Waals surface area contributed by atoms with E-state index in [1.165, 1.54) is 44.3 Å². The van der Waals surface area contributed by atoms with Crippen LogP contribution in [-0.4, -0.2) is 55.6 Å². The van der Waals surface area contributed by atoms with Gasteiger partial charge in [-0.2, -0.15) is 0 Å². The van der Waals surface area contributed by atoms with Gasteiger partial charge >= 0.3 is 7.12 Å². The lowest BCUT2D eigenvalue weighted by molar-refractivity contribution is 0.00578. The second-order valence-electron chi connectivity index (χ2n) is 9.41. The molecule has 0 unspecified atom stereocenters. The van der Waals surface area contributed by atoms with Gasteiger partial charge < -0.3 is 18.9 Å². The van der Waals surface area contributed by atoms with E-state index in [1.54, 1.807) is 0 Å². The van der Waals surface area contributed by atoms with Crippen molar-refractivity contribution in [3.63, 3.8) is 0 Å². The summed E-state index contributed by atoms with van der Waals surface area (Å²) < 4.78 is 17.9. The first kappa shape index (κ1) is 19.4. The fourth-order valence-corrected chi connectivity index (χ4v) is 4.55. The first-order valence-corrected chi connectivity index (χ1v) is 10.6. The Bertz CT molecular complexity index is 615. The molecule has 4 rings (SSSR count). The van der Waals surface area contributed by atoms with Gasteiger partial charge in [-0.25, -0.2) is 0 Å². The summed E-state index contributed by atoms with van der Waals surface area (Å²) in [6.45, 7) is 12.7. The molecule has 3 aliphatic rings. The Labute approximate surface area is 164 Å². The molecule has 0 atom stereocenters. The fraction of sp³-hybridized carbons (Fsp3) is 0.727. The van der Waals surface area contributed by atoms with Crippen LogP contribution in [0.4, 0.5) is 0 Å². The number of nitrogens with zero attached hydrogens (tertiary/aromatic N) is 1. The Kier molecular flexibility index (Phi) is 5.41. The molecule has 0 amide bonds. The molecule has 1 aromatic carbocycles. The quantitative estimate of drug-likeness (QED) is 0.763. The summed E-state index contributed by atoms with van der Waals surface area (Å²) in [5.41, 5.74) is 2.01. The van der Waals surface area contributed by atoms with Gasteiger partial charge in [0.25, 0.3) is 0 Å². The van der Waals surface area contributed by atoms with Gasteiger partial charge in [-0.1, -0.05) is 24.3 Å². The third-order valence-electron chi connectivity index (χ3n) is 7.17. The van der Waals surface area contributed by atoms with Crippen LogP contribution in [0.25, 0.3) is 0 Å².